The zero-order valence-corrected chi connectivity index (χ0v) is 27.3. The van der Waals surface area contributed by atoms with E-state index >= 15 is 0 Å². The van der Waals surface area contributed by atoms with Gasteiger partial charge in [-0.05, 0) is 37.5 Å². The van der Waals surface area contributed by atoms with Gasteiger partial charge in [0.2, 0.25) is 29.5 Å². The number of carbonyl (C=O) groups is 6. The predicted molar refractivity (Wildman–Crippen MR) is 165 cm³/mol. The molecule has 1 aromatic rings. The molecule has 1 aromatic heterocycles. The Morgan fingerprint density at radius 2 is 1.62 bits per heavy atom. The number of rotatable bonds is 16. The van der Waals surface area contributed by atoms with E-state index in [1.807, 2.05) is 6.92 Å². The number of hydrogen-bond acceptors (Lipinski definition) is 8. The number of carbonyl (C=O) groups excluding carboxylic acids is 5. The van der Waals surface area contributed by atoms with Crippen molar-refractivity contribution in [2.24, 2.45) is 23.5 Å². The summed E-state index contributed by atoms with van der Waals surface area (Å²) in [5.41, 5.74) is 6.43. The lowest BCUT2D eigenvalue weighted by molar-refractivity contribution is -0.144. The van der Waals surface area contributed by atoms with Gasteiger partial charge in [0, 0.05) is 24.9 Å². The summed E-state index contributed by atoms with van der Waals surface area (Å²) in [6, 6.07) is -5.96. The van der Waals surface area contributed by atoms with Crippen LogP contribution in [0.15, 0.2) is 12.5 Å². The second-order valence-electron chi connectivity index (χ2n) is 12.5. The lowest BCUT2D eigenvalue weighted by atomic mass is 9.98. The van der Waals surface area contributed by atoms with Crippen LogP contribution in [0.1, 0.15) is 73.4 Å². The van der Waals surface area contributed by atoms with Crippen molar-refractivity contribution < 1.29 is 33.9 Å². The molecule has 7 atom stereocenters. The van der Waals surface area contributed by atoms with E-state index in [4.69, 9.17) is 5.73 Å². The first-order valence-corrected chi connectivity index (χ1v) is 15.6. The van der Waals surface area contributed by atoms with E-state index in [2.05, 4.69) is 31.2 Å². The highest BCUT2D eigenvalue weighted by atomic mass is 16.4. The number of carboxylic acids is 1. The summed E-state index contributed by atoms with van der Waals surface area (Å²) in [5, 5.41) is 20.3. The summed E-state index contributed by atoms with van der Waals surface area (Å²) in [4.78, 5) is 86.1. The van der Waals surface area contributed by atoms with Crippen molar-refractivity contribution in [3.63, 3.8) is 0 Å². The van der Waals surface area contributed by atoms with Crippen LogP contribution in [0, 0.1) is 17.8 Å². The molecule has 0 spiro atoms. The Labute approximate surface area is 264 Å². The number of carboxylic acid groups (broad SMARTS) is 1. The molecule has 0 saturated carbocycles. The molecule has 2 rings (SSSR count). The fourth-order valence-corrected chi connectivity index (χ4v) is 5.03. The van der Waals surface area contributed by atoms with Crippen molar-refractivity contribution in [2.45, 2.75) is 110 Å². The SMILES string of the molecule is CC[C@H](C)[C@H](NC(=O)[C@H](Cc1cnc[nH]1)NC(=O)[C@@H](NC(=O)[C@@H]1CCCN1C(=O)[C@H](C)NC(=O)[C@@H](N)C(C)C)C(C)C)C(=O)O. The number of aromatic amines is 1. The first kappa shape index (κ1) is 37.2. The van der Waals surface area contributed by atoms with Crippen LogP contribution in [-0.4, -0.2) is 98.3 Å². The lowest BCUT2D eigenvalue weighted by Gasteiger charge is -2.30. The predicted octanol–water partition coefficient (Wildman–Crippen LogP) is -0.328. The number of aromatic nitrogens is 2. The van der Waals surface area contributed by atoms with Crippen LogP contribution in [0.4, 0.5) is 0 Å². The molecule has 15 heteroatoms. The van der Waals surface area contributed by atoms with E-state index in [0.29, 0.717) is 31.5 Å². The molecular formula is C30H50N8O7. The molecule has 2 heterocycles. The topological polar surface area (TPSA) is 229 Å². The van der Waals surface area contributed by atoms with Crippen LogP contribution in [0.25, 0.3) is 0 Å². The van der Waals surface area contributed by atoms with E-state index in [0.717, 1.165) is 0 Å². The standard InChI is InChI=1S/C30H50N8O7/c1-8-17(6)24(30(44)45)37-25(39)20(12-19-13-32-14-33-19)35-28(42)23(16(4)5)36-26(40)21-10-9-11-38(21)29(43)18(7)34-27(41)22(31)15(2)3/h13-18,20-24H,8-12,31H2,1-7H3,(H,32,33)(H,34,41)(H,35,42)(H,36,40)(H,37,39)(H,44,45)/t17-,18-,20-,21-,22-,23-,24-/m0/s1. The molecule has 252 valence electrons. The number of amides is 5. The molecule has 0 bridgehead atoms. The van der Waals surface area contributed by atoms with Crippen molar-refractivity contribution in [1.29, 1.82) is 0 Å². The maximum absolute atomic E-state index is 13.6. The fourth-order valence-electron chi connectivity index (χ4n) is 5.03. The number of nitrogens with one attached hydrogen (secondary N) is 5. The quantitative estimate of drug-likeness (QED) is 0.126. The molecule has 1 aliphatic rings. The van der Waals surface area contributed by atoms with E-state index in [9.17, 15) is 33.9 Å². The Balaban J connectivity index is 2.18. The molecule has 45 heavy (non-hydrogen) atoms. The highest BCUT2D eigenvalue weighted by Gasteiger charge is 2.39. The number of aliphatic carboxylic acids is 1. The van der Waals surface area contributed by atoms with Gasteiger partial charge >= 0.3 is 5.97 Å². The third kappa shape index (κ3) is 10.3. The molecule has 0 radical (unpaired) electrons. The highest BCUT2D eigenvalue weighted by molar-refractivity contribution is 5.96. The zero-order chi connectivity index (χ0) is 34.0. The smallest absolute Gasteiger partial charge is 0.326 e. The fraction of sp³-hybridized carbons (Fsp3) is 0.700. The largest absolute Gasteiger partial charge is 0.480 e. The third-order valence-corrected chi connectivity index (χ3v) is 8.22. The van der Waals surface area contributed by atoms with Gasteiger partial charge in [0.1, 0.15) is 30.2 Å². The summed E-state index contributed by atoms with van der Waals surface area (Å²) in [6.07, 6.45) is 4.34. The van der Waals surface area contributed by atoms with Crippen LogP contribution in [0.2, 0.25) is 0 Å². The summed E-state index contributed by atoms with van der Waals surface area (Å²) in [5.74, 6) is -4.86. The van der Waals surface area contributed by atoms with E-state index in [1.165, 1.54) is 24.3 Å². The second-order valence-corrected chi connectivity index (χ2v) is 12.5. The zero-order valence-electron chi connectivity index (χ0n) is 27.3. The Kier molecular flexibility index (Phi) is 14.0. The lowest BCUT2D eigenvalue weighted by Crippen LogP contribution is -2.60. The Hall–Kier alpha value is -4.01. The summed E-state index contributed by atoms with van der Waals surface area (Å²) < 4.78 is 0. The first-order chi connectivity index (χ1) is 21.1. The second kappa shape index (κ2) is 16.9. The summed E-state index contributed by atoms with van der Waals surface area (Å²) in [6.45, 7) is 12.4. The normalized spacial score (nSPS) is 18.8. The van der Waals surface area contributed by atoms with Crippen LogP contribution >= 0.6 is 0 Å². The number of hydrogen-bond donors (Lipinski definition) is 7. The van der Waals surface area contributed by atoms with Crippen LogP contribution in [0.3, 0.4) is 0 Å². The molecule has 0 unspecified atom stereocenters. The van der Waals surface area contributed by atoms with Gasteiger partial charge in [0.25, 0.3) is 0 Å². The minimum Gasteiger partial charge on any atom is -0.480 e. The van der Waals surface area contributed by atoms with E-state index in [-0.39, 0.29) is 18.3 Å². The first-order valence-electron chi connectivity index (χ1n) is 15.6. The number of likely N-dealkylation sites (tertiary alicyclic amines) is 1. The molecular weight excluding hydrogens is 584 g/mol. The van der Waals surface area contributed by atoms with Gasteiger partial charge < -0.3 is 42.0 Å². The average Bonchev–Trinajstić information content (AvgIpc) is 3.69. The molecule has 0 aromatic carbocycles. The van der Waals surface area contributed by atoms with Gasteiger partial charge in [-0.15, -0.1) is 0 Å². The maximum atomic E-state index is 13.6. The molecule has 8 N–H and O–H groups in total. The monoisotopic (exact) mass is 634 g/mol. The number of nitrogens with two attached hydrogens (primary N) is 1. The van der Waals surface area contributed by atoms with Gasteiger partial charge in [-0.25, -0.2) is 9.78 Å². The average molecular weight is 635 g/mol. The van der Waals surface area contributed by atoms with Crippen molar-refractivity contribution >= 4 is 35.5 Å². The number of nitrogens with zero attached hydrogens (tertiary/aromatic N) is 2. The van der Waals surface area contributed by atoms with E-state index < -0.39 is 77.7 Å². The summed E-state index contributed by atoms with van der Waals surface area (Å²) in [7, 11) is 0. The van der Waals surface area contributed by atoms with E-state index in [1.54, 1.807) is 34.6 Å². The van der Waals surface area contributed by atoms with Crippen LogP contribution in [-0.2, 0) is 35.2 Å². The highest BCUT2D eigenvalue weighted by Crippen LogP contribution is 2.20. The van der Waals surface area contributed by atoms with Crippen molar-refractivity contribution in [1.82, 2.24) is 36.1 Å². The van der Waals surface area contributed by atoms with Crippen LogP contribution in [0.5, 0.6) is 0 Å². The van der Waals surface area contributed by atoms with Crippen molar-refractivity contribution in [2.75, 3.05) is 6.54 Å². The van der Waals surface area contributed by atoms with Gasteiger partial charge in [0.15, 0.2) is 0 Å². The molecule has 1 aliphatic heterocycles. The molecule has 5 amide bonds. The summed E-state index contributed by atoms with van der Waals surface area (Å²) >= 11 is 0. The number of imidazole rings is 1. The van der Waals surface area contributed by atoms with Crippen LogP contribution < -0.4 is 27.0 Å². The minimum absolute atomic E-state index is 0.00183. The van der Waals surface area contributed by atoms with Gasteiger partial charge in [-0.1, -0.05) is 48.0 Å². The van der Waals surface area contributed by atoms with Gasteiger partial charge in [0.05, 0.1) is 12.4 Å². The van der Waals surface area contributed by atoms with Gasteiger partial charge in [-0.3, -0.25) is 24.0 Å². The Morgan fingerprint density at radius 3 is 2.16 bits per heavy atom. The van der Waals surface area contributed by atoms with Crippen molar-refractivity contribution in [3.05, 3.63) is 18.2 Å². The van der Waals surface area contributed by atoms with Gasteiger partial charge in [-0.2, -0.15) is 0 Å². The minimum atomic E-state index is -1.19. The van der Waals surface area contributed by atoms with Crippen molar-refractivity contribution in [3.8, 4) is 0 Å². The third-order valence-electron chi connectivity index (χ3n) is 8.22. The molecule has 0 aliphatic carbocycles. The number of H-pyrrole nitrogens is 1. The molecule has 15 nitrogen and oxygen atoms in total. The maximum Gasteiger partial charge on any atom is 0.326 e. The molecule has 1 saturated heterocycles. The Morgan fingerprint density at radius 1 is 0.956 bits per heavy atom. The Bertz CT molecular complexity index is 1190. The molecule has 1 fully saturated rings.